The van der Waals surface area contributed by atoms with Crippen LogP contribution in [0.15, 0.2) is 12.7 Å². The van der Waals surface area contributed by atoms with Crippen molar-refractivity contribution >= 4 is 11.9 Å². The molecule has 2 N–H and O–H groups in total. The molecular weight excluding hydrogens is 194 g/mol. The SMILES string of the molecule is C=CC(=O)NC1(CC(=O)O)CCCCC1. The Labute approximate surface area is 89.4 Å². The molecule has 1 aliphatic rings. The summed E-state index contributed by atoms with van der Waals surface area (Å²) in [6, 6.07) is 0. The Bertz CT molecular complexity index is 267. The molecule has 4 heteroatoms. The topological polar surface area (TPSA) is 66.4 Å². The standard InChI is InChI=1S/C11H17NO3/c1-2-9(13)12-11(8-10(14)15)6-4-3-5-7-11/h2H,1,3-8H2,(H,12,13)(H,14,15). The van der Waals surface area contributed by atoms with Crippen LogP contribution in [0.1, 0.15) is 38.5 Å². The molecule has 4 nitrogen and oxygen atoms in total. The molecule has 0 aromatic rings. The lowest BCUT2D eigenvalue weighted by Crippen LogP contribution is -2.50. The van der Waals surface area contributed by atoms with Crippen molar-refractivity contribution in [2.45, 2.75) is 44.1 Å². The molecule has 1 fully saturated rings. The molecule has 0 aromatic heterocycles. The summed E-state index contributed by atoms with van der Waals surface area (Å²) in [4.78, 5) is 22.0. The second-order valence-corrected chi connectivity index (χ2v) is 4.10. The van der Waals surface area contributed by atoms with E-state index in [0.717, 1.165) is 32.1 Å². The van der Waals surface area contributed by atoms with Crippen molar-refractivity contribution < 1.29 is 14.7 Å². The van der Waals surface area contributed by atoms with Crippen LogP contribution in [-0.4, -0.2) is 22.5 Å². The van der Waals surface area contributed by atoms with Gasteiger partial charge in [0.25, 0.3) is 0 Å². The number of carboxylic acid groups (broad SMARTS) is 1. The van der Waals surface area contributed by atoms with Gasteiger partial charge in [-0.2, -0.15) is 0 Å². The molecule has 0 saturated heterocycles. The first-order valence-corrected chi connectivity index (χ1v) is 5.24. The van der Waals surface area contributed by atoms with E-state index < -0.39 is 11.5 Å². The average molecular weight is 211 g/mol. The van der Waals surface area contributed by atoms with E-state index in [0.29, 0.717) is 0 Å². The van der Waals surface area contributed by atoms with Gasteiger partial charge in [-0.15, -0.1) is 0 Å². The van der Waals surface area contributed by atoms with Gasteiger partial charge in [-0.1, -0.05) is 25.8 Å². The second kappa shape index (κ2) is 4.96. The molecule has 0 atom stereocenters. The van der Waals surface area contributed by atoms with Crippen molar-refractivity contribution in [1.29, 1.82) is 0 Å². The van der Waals surface area contributed by atoms with Gasteiger partial charge in [-0.3, -0.25) is 9.59 Å². The Morgan fingerprint density at radius 3 is 2.40 bits per heavy atom. The van der Waals surface area contributed by atoms with Crippen LogP contribution >= 0.6 is 0 Å². The normalized spacial score (nSPS) is 19.2. The highest BCUT2D eigenvalue weighted by atomic mass is 16.4. The number of carboxylic acids is 1. The Morgan fingerprint density at radius 1 is 1.33 bits per heavy atom. The number of nitrogens with one attached hydrogen (secondary N) is 1. The number of carbonyl (C=O) groups is 2. The summed E-state index contributed by atoms with van der Waals surface area (Å²) < 4.78 is 0. The van der Waals surface area contributed by atoms with Gasteiger partial charge in [0.2, 0.25) is 5.91 Å². The molecule has 0 radical (unpaired) electrons. The second-order valence-electron chi connectivity index (χ2n) is 4.10. The first-order valence-electron chi connectivity index (χ1n) is 5.24. The van der Waals surface area contributed by atoms with Crippen molar-refractivity contribution in [3.05, 3.63) is 12.7 Å². The maximum atomic E-state index is 11.2. The number of amides is 1. The number of carbonyl (C=O) groups excluding carboxylic acids is 1. The van der Waals surface area contributed by atoms with E-state index in [1.807, 2.05) is 0 Å². The van der Waals surface area contributed by atoms with E-state index in [-0.39, 0.29) is 12.3 Å². The lowest BCUT2D eigenvalue weighted by atomic mass is 9.79. The van der Waals surface area contributed by atoms with Gasteiger partial charge in [-0.25, -0.2) is 0 Å². The Hall–Kier alpha value is -1.32. The first kappa shape index (κ1) is 11.8. The molecule has 15 heavy (non-hydrogen) atoms. The number of rotatable bonds is 4. The largest absolute Gasteiger partial charge is 0.481 e. The van der Waals surface area contributed by atoms with Crippen molar-refractivity contribution in [2.75, 3.05) is 0 Å². The number of aliphatic carboxylic acids is 1. The summed E-state index contributed by atoms with van der Waals surface area (Å²) in [5.41, 5.74) is -0.546. The fourth-order valence-corrected chi connectivity index (χ4v) is 2.18. The molecule has 0 heterocycles. The molecule has 0 bridgehead atoms. The van der Waals surface area contributed by atoms with Crippen LogP contribution < -0.4 is 5.32 Å². The maximum absolute atomic E-state index is 11.2. The number of hydrogen-bond donors (Lipinski definition) is 2. The van der Waals surface area contributed by atoms with Crippen LogP contribution in [0, 0.1) is 0 Å². The van der Waals surface area contributed by atoms with Crippen LogP contribution in [0.5, 0.6) is 0 Å². The fourth-order valence-electron chi connectivity index (χ4n) is 2.18. The summed E-state index contributed by atoms with van der Waals surface area (Å²) in [7, 11) is 0. The van der Waals surface area contributed by atoms with Gasteiger partial charge >= 0.3 is 5.97 Å². The van der Waals surface area contributed by atoms with Crippen molar-refractivity contribution in [3.8, 4) is 0 Å². The maximum Gasteiger partial charge on any atom is 0.305 e. The van der Waals surface area contributed by atoms with E-state index >= 15 is 0 Å². The van der Waals surface area contributed by atoms with E-state index in [9.17, 15) is 9.59 Å². The summed E-state index contributed by atoms with van der Waals surface area (Å²) >= 11 is 0. The molecule has 0 aliphatic heterocycles. The average Bonchev–Trinajstić information content (AvgIpc) is 2.17. The predicted octanol–water partition coefficient (Wildman–Crippen LogP) is 1.47. The molecule has 1 saturated carbocycles. The minimum atomic E-state index is -0.860. The molecular formula is C11H17NO3. The van der Waals surface area contributed by atoms with Crippen molar-refractivity contribution in [2.24, 2.45) is 0 Å². The van der Waals surface area contributed by atoms with Crippen LogP contribution in [0.3, 0.4) is 0 Å². The number of hydrogen-bond acceptors (Lipinski definition) is 2. The van der Waals surface area contributed by atoms with Crippen LogP contribution in [-0.2, 0) is 9.59 Å². The third-order valence-electron chi connectivity index (χ3n) is 2.87. The quantitative estimate of drug-likeness (QED) is 0.692. The van der Waals surface area contributed by atoms with Crippen LogP contribution in [0.25, 0.3) is 0 Å². The lowest BCUT2D eigenvalue weighted by molar-refractivity contribution is -0.139. The highest BCUT2D eigenvalue weighted by Gasteiger charge is 2.35. The van der Waals surface area contributed by atoms with E-state index in [2.05, 4.69) is 11.9 Å². The smallest absolute Gasteiger partial charge is 0.305 e. The van der Waals surface area contributed by atoms with Crippen LogP contribution in [0.2, 0.25) is 0 Å². The highest BCUT2D eigenvalue weighted by Crippen LogP contribution is 2.31. The third-order valence-corrected chi connectivity index (χ3v) is 2.87. The van der Waals surface area contributed by atoms with E-state index in [1.165, 1.54) is 6.08 Å². The lowest BCUT2D eigenvalue weighted by Gasteiger charge is -2.36. The Balaban J connectivity index is 2.69. The van der Waals surface area contributed by atoms with Gasteiger partial charge in [0, 0.05) is 0 Å². The minimum Gasteiger partial charge on any atom is -0.481 e. The summed E-state index contributed by atoms with van der Waals surface area (Å²) in [6.45, 7) is 3.38. The summed E-state index contributed by atoms with van der Waals surface area (Å²) in [5.74, 6) is -1.14. The molecule has 0 aromatic carbocycles. The zero-order valence-corrected chi connectivity index (χ0v) is 8.79. The van der Waals surface area contributed by atoms with Gasteiger partial charge in [0.1, 0.15) is 0 Å². The molecule has 84 valence electrons. The van der Waals surface area contributed by atoms with Crippen LogP contribution in [0.4, 0.5) is 0 Å². The molecule has 1 amide bonds. The first-order chi connectivity index (χ1) is 7.08. The summed E-state index contributed by atoms with van der Waals surface area (Å²) in [6.07, 6.45) is 5.77. The fraction of sp³-hybridized carbons (Fsp3) is 0.636. The minimum absolute atomic E-state index is 0.00653. The van der Waals surface area contributed by atoms with Gasteiger partial charge in [-0.05, 0) is 18.9 Å². The van der Waals surface area contributed by atoms with Crippen molar-refractivity contribution in [3.63, 3.8) is 0 Å². The predicted molar refractivity (Wildman–Crippen MR) is 56.4 cm³/mol. The Kier molecular flexibility index (Phi) is 3.88. The summed E-state index contributed by atoms with van der Waals surface area (Å²) in [5, 5.41) is 11.6. The monoisotopic (exact) mass is 211 g/mol. The van der Waals surface area contributed by atoms with Crippen molar-refractivity contribution in [1.82, 2.24) is 5.32 Å². The highest BCUT2D eigenvalue weighted by molar-refractivity contribution is 5.88. The van der Waals surface area contributed by atoms with E-state index in [4.69, 9.17) is 5.11 Å². The zero-order chi connectivity index (χ0) is 11.3. The van der Waals surface area contributed by atoms with Gasteiger partial charge in [0.15, 0.2) is 0 Å². The zero-order valence-electron chi connectivity index (χ0n) is 8.79. The molecule has 1 rings (SSSR count). The van der Waals surface area contributed by atoms with Gasteiger partial charge in [0.05, 0.1) is 12.0 Å². The van der Waals surface area contributed by atoms with E-state index in [1.54, 1.807) is 0 Å². The molecule has 0 unspecified atom stereocenters. The van der Waals surface area contributed by atoms with Gasteiger partial charge < -0.3 is 10.4 Å². The third kappa shape index (κ3) is 3.38. The molecule has 0 spiro atoms. The molecule has 1 aliphatic carbocycles. The Morgan fingerprint density at radius 2 is 1.93 bits per heavy atom.